The molecule has 0 aliphatic rings. The summed E-state index contributed by atoms with van der Waals surface area (Å²) in [6.45, 7) is 2.16. The molecule has 3 N–H and O–H groups in total. The van der Waals surface area contributed by atoms with Crippen molar-refractivity contribution in [2.45, 2.75) is 49.2 Å². The van der Waals surface area contributed by atoms with E-state index in [0.717, 1.165) is 48.4 Å². The van der Waals surface area contributed by atoms with E-state index in [1.54, 1.807) is 17.9 Å². The van der Waals surface area contributed by atoms with Gasteiger partial charge >= 0.3 is 0 Å². The van der Waals surface area contributed by atoms with Gasteiger partial charge in [-0.1, -0.05) is 44.7 Å². The van der Waals surface area contributed by atoms with Crippen molar-refractivity contribution in [1.82, 2.24) is 10.5 Å². The molecule has 2 aromatic rings. The number of nitrogens with one attached hydrogen (secondary N) is 2. The zero-order chi connectivity index (χ0) is 17.9. The maximum absolute atomic E-state index is 12.0. The molecule has 0 bridgehead atoms. The van der Waals surface area contributed by atoms with Crippen LogP contribution < -0.4 is 10.8 Å². The number of amides is 1. The molecule has 1 amide bonds. The van der Waals surface area contributed by atoms with Crippen molar-refractivity contribution in [3.05, 3.63) is 48.8 Å². The van der Waals surface area contributed by atoms with E-state index in [9.17, 15) is 4.79 Å². The normalized spacial score (nSPS) is 11.8. The van der Waals surface area contributed by atoms with Gasteiger partial charge in [0.1, 0.15) is 0 Å². The van der Waals surface area contributed by atoms with Gasteiger partial charge in [-0.15, -0.1) is 11.8 Å². The first-order valence-corrected chi connectivity index (χ1v) is 9.49. The second kappa shape index (κ2) is 10.7. The Kier molecular flexibility index (Phi) is 8.28. The molecule has 134 valence electrons. The predicted octanol–water partition coefficient (Wildman–Crippen LogP) is 4.76. The summed E-state index contributed by atoms with van der Waals surface area (Å²) in [6, 6.07) is 11.7. The topological polar surface area (TPSA) is 74.2 Å². The quantitative estimate of drug-likeness (QED) is 0.247. The van der Waals surface area contributed by atoms with Crippen LogP contribution in [0.2, 0.25) is 0 Å². The van der Waals surface area contributed by atoms with Gasteiger partial charge in [0.25, 0.3) is 5.91 Å². The van der Waals surface area contributed by atoms with Crippen molar-refractivity contribution in [2.24, 2.45) is 0 Å². The standard InChI is InChI=1S/C19H25N3O2S/c1-2-3-4-5-10-18(19(23)22-24)25-17-9-7-6-8-16(17)21-15-11-13-20-14-12-15/h6-9,11-14,18,24H,2-5,10H2,1H3,(H,20,21)(H,22,23). The Labute approximate surface area is 153 Å². The van der Waals surface area contributed by atoms with Crippen LogP contribution in [0.3, 0.4) is 0 Å². The van der Waals surface area contributed by atoms with Crippen molar-refractivity contribution >= 4 is 29.0 Å². The monoisotopic (exact) mass is 359 g/mol. The van der Waals surface area contributed by atoms with E-state index in [1.807, 2.05) is 36.4 Å². The summed E-state index contributed by atoms with van der Waals surface area (Å²) >= 11 is 1.48. The molecule has 1 aromatic heterocycles. The van der Waals surface area contributed by atoms with Gasteiger partial charge in [-0.3, -0.25) is 15.0 Å². The first-order valence-electron chi connectivity index (χ1n) is 8.61. The maximum Gasteiger partial charge on any atom is 0.256 e. The van der Waals surface area contributed by atoms with Crippen molar-refractivity contribution in [1.29, 1.82) is 0 Å². The molecule has 0 fully saturated rings. The van der Waals surface area contributed by atoms with Crippen molar-refractivity contribution in [3.8, 4) is 0 Å². The highest BCUT2D eigenvalue weighted by atomic mass is 32.2. The number of hydrogen-bond donors (Lipinski definition) is 3. The van der Waals surface area contributed by atoms with E-state index in [0.29, 0.717) is 0 Å². The summed E-state index contributed by atoms with van der Waals surface area (Å²) in [6.07, 6.45) is 8.59. The molecule has 0 saturated heterocycles. The van der Waals surface area contributed by atoms with Gasteiger partial charge in [0, 0.05) is 23.0 Å². The molecule has 0 aliphatic heterocycles. The Balaban J connectivity index is 2.08. The summed E-state index contributed by atoms with van der Waals surface area (Å²) in [5.41, 5.74) is 3.68. The number of hydrogen-bond acceptors (Lipinski definition) is 5. The lowest BCUT2D eigenvalue weighted by atomic mass is 10.1. The van der Waals surface area contributed by atoms with Crippen LogP contribution in [0.15, 0.2) is 53.7 Å². The number of hydroxylamine groups is 1. The third kappa shape index (κ3) is 6.40. The maximum atomic E-state index is 12.0. The van der Waals surface area contributed by atoms with Crippen molar-refractivity contribution in [3.63, 3.8) is 0 Å². The minimum Gasteiger partial charge on any atom is -0.355 e. The number of pyridine rings is 1. The van der Waals surface area contributed by atoms with Crippen LogP contribution in [0.4, 0.5) is 11.4 Å². The molecular formula is C19H25N3O2S. The van der Waals surface area contributed by atoms with Gasteiger partial charge in [0.05, 0.1) is 10.9 Å². The van der Waals surface area contributed by atoms with Gasteiger partial charge in [0.15, 0.2) is 0 Å². The summed E-state index contributed by atoms with van der Waals surface area (Å²) in [7, 11) is 0. The zero-order valence-electron chi connectivity index (χ0n) is 14.4. The van der Waals surface area contributed by atoms with Crippen LogP contribution in [-0.4, -0.2) is 21.3 Å². The summed E-state index contributed by atoms with van der Waals surface area (Å²) in [5, 5.41) is 12.1. The minimum absolute atomic E-state index is 0.317. The molecular weight excluding hydrogens is 334 g/mol. The van der Waals surface area contributed by atoms with Crippen LogP contribution in [0.25, 0.3) is 0 Å². The van der Waals surface area contributed by atoms with Crippen LogP contribution in [-0.2, 0) is 4.79 Å². The number of benzene rings is 1. The first-order chi connectivity index (χ1) is 12.2. The molecule has 25 heavy (non-hydrogen) atoms. The highest BCUT2D eigenvalue weighted by Crippen LogP contribution is 2.34. The minimum atomic E-state index is -0.347. The molecule has 0 aliphatic carbocycles. The largest absolute Gasteiger partial charge is 0.355 e. The average molecular weight is 359 g/mol. The SMILES string of the molecule is CCCCCCC(Sc1ccccc1Nc1ccncc1)C(=O)NO. The third-order valence-corrected chi connectivity index (χ3v) is 5.18. The van der Waals surface area contributed by atoms with Crippen molar-refractivity contribution in [2.75, 3.05) is 5.32 Å². The lowest BCUT2D eigenvalue weighted by Crippen LogP contribution is -2.30. The number of aromatic nitrogens is 1. The van der Waals surface area contributed by atoms with Gasteiger partial charge in [-0.05, 0) is 30.7 Å². The first kappa shape index (κ1) is 19.3. The Morgan fingerprint density at radius 2 is 1.92 bits per heavy atom. The number of unbranched alkanes of at least 4 members (excludes halogenated alkanes) is 3. The van der Waals surface area contributed by atoms with Crippen molar-refractivity contribution < 1.29 is 10.0 Å². The molecule has 0 spiro atoms. The van der Waals surface area contributed by atoms with E-state index in [1.165, 1.54) is 11.8 Å². The number of carbonyl (C=O) groups excluding carboxylic acids is 1. The summed E-state index contributed by atoms with van der Waals surface area (Å²) < 4.78 is 0. The Morgan fingerprint density at radius 3 is 2.64 bits per heavy atom. The molecule has 0 saturated carbocycles. The predicted molar refractivity (Wildman–Crippen MR) is 102 cm³/mol. The number of thioether (sulfide) groups is 1. The van der Waals surface area contributed by atoms with Crippen LogP contribution >= 0.6 is 11.8 Å². The number of nitrogens with zero attached hydrogens (tertiary/aromatic N) is 1. The lowest BCUT2D eigenvalue weighted by Gasteiger charge is -2.17. The molecule has 5 nitrogen and oxygen atoms in total. The number of anilines is 2. The average Bonchev–Trinajstić information content (AvgIpc) is 2.65. The highest BCUT2D eigenvalue weighted by molar-refractivity contribution is 8.00. The van der Waals surface area contributed by atoms with E-state index in [-0.39, 0.29) is 11.2 Å². The number of rotatable bonds is 10. The van der Waals surface area contributed by atoms with Gasteiger partial charge < -0.3 is 5.32 Å². The molecule has 2 rings (SSSR count). The van der Waals surface area contributed by atoms with Crippen LogP contribution in [0.5, 0.6) is 0 Å². The smallest absolute Gasteiger partial charge is 0.256 e. The summed E-state index contributed by atoms with van der Waals surface area (Å²) in [5.74, 6) is -0.347. The number of para-hydroxylation sites is 1. The molecule has 1 aromatic carbocycles. The fraction of sp³-hybridized carbons (Fsp3) is 0.368. The molecule has 1 heterocycles. The van der Waals surface area contributed by atoms with E-state index < -0.39 is 0 Å². The fourth-order valence-corrected chi connectivity index (χ4v) is 3.64. The second-order valence-electron chi connectivity index (χ2n) is 5.79. The highest BCUT2D eigenvalue weighted by Gasteiger charge is 2.20. The molecule has 0 radical (unpaired) electrons. The van der Waals surface area contributed by atoms with Gasteiger partial charge in [-0.2, -0.15) is 0 Å². The summed E-state index contributed by atoms with van der Waals surface area (Å²) in [4.78, 5) is 17.0. The fourth-order valence-electron chi connectivity index (χ4n) is 2.49. The Morgan fingerprint density at radius 1 is 1.16 bits per heavy atom. The molecule has 1 unspecified atom stereocenters. The van der Waals surface area contributed by atoms with Gasteiger partial charge in [0.2, 0.25) is 0 Å². The molecule has 1 atom stereocenters. The third-order valence-electron chi connectivity index (χ3n) is 3.84. The van der Waals surface area contributed by atoms with E-state index >= 15 is 0 Å². The number of carbonyl (C=O) groups is 1. The Hall–Kier alpha value is -2.05. The van der Waals surface area contributed by atoms with Crippen LogP contribution in [0.1, 0.15) is 39.0 Å². The Bertz CT molecular complexity index is 652. The van der Waals surface area contributed by atoms with Crippen LogP contribution in [0, 0.1) is 0 Å². The van der Waals surface area contributed by atoms with E-state index in [4.69, 9.17) is 5.21 Å². The van der Waals surface area contributed by atoms with Gasteiger partial charge in [-0.25, -0.2) is 5.48 Å². The zero-order valence-corrected chi connectivity index (χ0v) is 15.3. The second-order valence-corrected chi connectivity index (χ2v) is 7.03. The van der Waals surface area contributed by atoms with E-state index in [2.05, 4.69) is 17.2 Å². The lowest BCUT2D eigenvalue weighted by molar-refractivity contribution is -0.128. The molecule has 6 heteroatoms.